The van der Waals surface area contributed by atoms with Gasteiger partial charge in [-0.15, -0.1) is 0 Å². The van der Waals surface area contributed by atoms with Crippen LogP contribution in [0.3, 0.4) is 0 Å². The van der Waals surface area contributed by atoms with Crippen molar-refractivity contribution in [2.24, 2.45) is 0 Å². The molecule has 42 heavy (non-hydrogen) atoms. The number of nitrogens with zero attached hydrogens (tertiary/aromatic N) is 4. The topological polar surface area (TPSA) is 129 Å². The highest BCUT2D eigenvalue weighted by Gasteiger charge is 2.39. The van der Waals surface area contributed by atoms with E-state index in [1.54, 1.807) is 4.90 Å². The quantitative estimate of drug-likeness (QED) is 0.285. The summed E-state index contributed by atoms with van der Waals surface area (Å²) < 4.78 is 10.1. The predicted octanol–water partition coefficient (Wildman–Crippen LogP) is 2.28. The minimum Gasteiger partial charge on any atom is -0.441 e. The van der Waals surface area contributed by atoms with Gasteiger partial charge >= 0.3 is 6.09 Å². The Morgan fingerprint density at radius 3 is 1.95 bits per heavy atom. The Morgan fingerprint density at radius 1 is 0.833 bits per heavy atom. The summed E-state index contributed by atoms with van der Waals surface area (Å²) in [5.41, 5.74) is 3.90. The molecule has 2 atom stereocenters. The lowest BCUT2D eigenvalue weighted by atomic mass is 9.96. The number of nitrogens with one attached hydrogen (secondary N) is 1. The Labute approximate surface area is 239 Å². The zero-order chi connectivity index (χ0) is 28.7. The molecule has 0 radical (unpaired) electrons. The Balaban J connectivity index is 1.33. The summed E-state index contributed by atoms with van der Waals surface area (Å²) in [4.78, 5) is 43.7. The molecule has 3 aliphatic heterocycles. The Bertz CT molecular complexity index is 1970. The molecule has 3 N–H and O–H groups in total. The van der Waals surface area contributed by atoms with Gasteiger partial charge in [-0.3, -0.25) is 19.8 Å². The number of para-hydroxylation sites is 2. The van der Waals surface area contributed by atoms with E-state index >= 15 is 0 Å². The van der Waals surface area contributed by atoms with Crippen LogP contribution in [0.1, 0.15) is 20.7 Å². The number of benzene rings is 3. The molecule has 11 nitrogen and oxygen atoms in total. The van der Waals surface area contributed by atoms with Gasteiger partial charge in [-0.05, 0) is 12.1 Å². The van der Waals surface area contributed by atoms with Gasteiger partial charge in [0.05, 0.1) is 41.9 Å². The van der Waals surface area contributed by atoms with Gasteiger partial charge in [0.15, 0.2) is 0 Å². The lowest BCUT2D eigenvalue weighted by Crippen LogP contribution is -2.51. The maximum Gasteiger partial charge on any atom is 0.410 e. The van der Waals surface area contributed by atoms with E-state index in [2.05, 4.69) is 10.2 Å². The summed E-state index contributed by atoms with van der Waals surface area (Å²) in [6.07, 6.45) is -2.41. The van der Waals surface area contributed by atoms with Crippen LogP contribution in [0.5, 0.6) is 0 Å². The van der Waals surface area contributed by atoms with Crippen LogP contribution < -0.4 is 5.32 Å². The van der Waals surface area contributed by atoms with Gasteiger partial charge < -0.3 is 29.0 Å². The summed E-state index contributed by atoms with van der Waals surface area (Å²) >= 11 is 0. The lowest BCUT2D eigenvalue weighted by molar-refractivity contribution is -0.0293. The third-order valence-electron chi connectivity index (χ3n) is 9.06. The third kappa shape index (κ3) is 3.47. The van der Waals surface area contributed by atoms with Crippen LogP contribution in [0.25, 0.3) is 43.6 Å². The number of imide groups is 1. The SMILES string of the molecule is O=C1NC(=O)c2c1c1c3ccccc3n3c1c1c2c2ccccc2n1CC(OC(=O)N1CCN(CCO)CC1)C(O)C3. The van der Waals surface area contributed by atoms with Crippen molar-refractivity contribution in [2.45, 2.75) is 25.3 Å². The molecular formula is C31H29N5O6. The van der Waals surface area contributed by atoms with Crippen molar-refractivity contribution in [1.29, 1.82) is 0 Å². The molecule has 3 amide bonds. The molecule has 8 rings (SSSR count). The highest BCUT2D eigenvalue weighted by molar-refractivity contribution is 6.39. The number of aliphatic hydroxyl groups is 2. The second-order valence-electron chi connectivity index (χ2n) is 11.3. The number of carbonyl (C=O) groups excluding carboxylic acids is 3. The molecule has 5 heterocycles. The average molecular weight is 568 g/mol. The highest BCUT2D eigenvalue weighted by atomic mass is 16.6. The molecule has 1 saturated heterocycles. The van der Waals surface area contributed by atoms with Gasteiger partial charge in [0.2, 0.25) is 0 Å². The molecule has 214 valence electrons. The predicted molar refractivity (Wildman–Crippen MR) is 156 cm³/mol. The fourth-order valence-corrected chi connectivity index (χ4v) is 7.14. The van der Waals surface area contributed by atoms with E-state index in [1.165, 1.54) is 0 Å². The Kier molecular flexibility index (Phi) is 5.58. The number of aliphatic hydroxyl groups excluding tert-OH is 2. The molecule has 2 unspecified atom stereocenters. The number of hydrogen-bond donors (Lipinski definition) is 3. The molecule has 11 heteroatoms. The second-order valence-corrected chi connectivity index (χ2v) is 11.3. The number of carbonyl (C=O) groups is 3. The van der Waals surface area contributed by atoms with Crippen molar-refractivity contribution in [3.63, 3.8) is 0 Å². The van der Waals surface area contributed by atoms with Crippen LogP contribution in [0, 0.1) is 0 Å². The maximum absolute atomic E-state index is 13.4. The van der Waals surface area contributed by atoms with E-state index in [1.807, 2.05) is 57.7 Å². The number of piperazine rings is 1. The summed E-state index contributed by atoms with van der Waals surface area (Å²) in [7, 11) is 0. The first kappa shape index (κ1) is 25.3. The van der Waals surface area contributed by atoms with Gasteiger partial charge in [-0.2, -0.15) is 0 Å². The van der Waals surface area contributed by atoms with Gasteiger partial charge in [-0.25, -0.2) is 4.79 Å². The maximum atomic E-state index is 13.4. The Morgan fingerprint density at radius 2 is 1.38 bits per heavy atom. The Hall–Kier alpha value is -4.45. The number of aromatic nitrogens is 2. The van der Waals surface area contributed by atoms with E-state index in [9.17, 15) is 24.6 Å². The molecule has 0 bridgehead atoms. The molecule has 1 fully saturated rings. The smallest absolute Gasteiger partial charge is 0.410 e. The molecule has 3 aromatic carbocycles. The zero-order valence-corrected chi connectivity index (χ0v) is 22.7. The van der Waals surface area contributed by atoms with Gasteiger partial charge in [0, 0.05) is 65.3 Å². The monoisotopic (exact) mass is 567 g/mol. The molecular weight excluding hydrogens is 538 g/mol. The largest absolute Gasteiger partial charge is 0.441 e. The summed E-state index contributed by atoms with van der Waals surface area (Å²) in [5, 5.41) is 26.4. The van der Waals surface area contributed by atoms with E-state index < -0.39 is 30.1 Å². The molecule has 2 aromatic heterocycles. The van der Waals surface area contributed by atoms with Crippen LogP contribution in [-0.4, -0.2) is 98.6 Å². The number of rotatable bonds is 3. The molecule has 0 aliphatic carbocycles. The summed E-state index contributed by atoms with van der Waals surface area (Å²) in [6.45, 7) is 3.16. The van der Waals surface area contributed by atoms with Gasteiger partial charge in [0.25, 0.3) is 11.8 Å². The van der Waals surface area contributed by atoms with Crippen LogP contribution in [0.15, 0.2) is 48.5 Å². The molecule has 5 aromatic rings. The van der Waals surface area contributed by atoms with Crippen molar-refractivity contribution < 1.29 is 29.3 Å². The highest BCUT2D eigenvalue weighted by Crippen LogP contribution is 2.45. The van der Waals surface area contributed by atoms with Crippen molar-refractivity contribution in [2.75, 3.05) is 39.3 Å². The fraction of sp³-hybridized carbons (Fsp3) is 0.323. The number of fused-ring (bicyclic) bond motifs is 9. The van der Waals surface area contributed by atoms with Crippen LogP contribution in [-0.2, 0) is 17.8 Å². The second kappa shape index (κ2) is 9.28. The summed E-state index contributed by atoms with van der Waals surface area (Å²) in [6, 6.07) is 15.4. The summed E-state index contributed by atoms with van der Waals surface area (Å²) in [5.74, 6) is -0.854. The van der Waals surface area contributed by atoms with Crippen LogP contribution >= 0.6 is 0 Å². The van der Waals surface area contributed by atoms with E-state index in [0.29, 0.717) is 54.6 Å². The minimum atomic E-state index is -1.04. The van der Waals surface area contributed by atoms with Crippen molar-refractivity contribution >= 4 is 61.5 Å². The zero-order valence-electron chi connectivity index (χ0n) is 22.7. The number of amides is 3. The number of ether oxygens (including phenoxy) is 1. The van der Waals surface area contributed by atoms with Crippen molar-refractivity contribution in [3.8, 4) is 0 Å². The number of β-amino-alcohol motifs (C(OH)–C–C–N with tert-alkyl or cyclic N) is 1. The van der Waals surface area contributed by atoms with Crippen molar-refractivity contribution in [1.82, 2.24) is 24.3 Å². The first-order chi connectivity index (χ1) is 20.5. The number of hydrogen-bond acceptors (Lipinski definition) is 7. The molecule has 3 aliphatic rings. The van der Waals surface area contributed by atoms with Gasteiger partial charge in [-0.1, -0.05) is 36.4 Å². The van der Waals surface area contributed by atoms with E-state index in [4.69, 9.17) is 4.74 Å². The average Bonchev–Trinajstić information content (AvgIpc) is 3.59. The first-order valence-electron chi connectivity index (χ1n) is 14.3. The molecule has 0 spiro atoms. The third-order valence-corrected chi connectivity index (χ3v) is 9.06. The van der Waals surface area contributed by atoms with Crippen LogP contribution in [0.2, 0.25) is 0 Å². The van der Waals surface area contributed by atoms with Crippen LogP contribution in [0.4, 0.5) is 4.79 Å². The van der Waals surface area contributed by atoms with E-state index in [0.717, 1.165) is 32.8 Å². The van der Waals surface area contributed by atoms with Gasteiger partial charge in [0.1, 0.15) is 12.2 Å². The van der Waals surface area contributed by atoms with Crippen molar-refractivity contribution in [3.05, 3.63) is 59.7 Å². The standard InChI is InChI=1S/C31H29N5O6/c37-14-13-33-9-11-34(12-10-33)31(41)42-22-16-36-20-8-4-2-6-18(20)24-26-25(29(39)32-30(26)40)23-17-5-1-3-7-19(17)35(15-21(22)38)27(23)28(24)36/h1-8,21-22,37-38H,9-16H2,(H,32,39,40). The fourth-order valence-electron chi connectivity index (χ4n) is 7.14. The minimum absolute atomic E-state index is 0.0693. The normalized spacial score (nSPS) is 21.0. The first-order valence-corrected chi connectivity index (χ1v) is 14.3. The molecule has 0 saturated carbocycles. The lowest BCUT2D eigenvalue weighted by Gasteiger charge is -2.35. The van der Waals surface area contributed by atoms with E-state index in [-0.39, 0.29) is 19.7 Å².